The fraction of sp³-hybridized carbons (Fsp3) is 0.152. The first-order chi connectivity index (χ1) is 19.4. The first kappa shape index (κ1) is 25.5. The van der Waals surface area contributed by atoms with Gasteiger partial charge in [-0.2, -0.15) is 0 Å². The van der Waals surface area contributed by atoms with Gasteiger partial charge in [0.1, 0.15) is 0 Å². The Morgan fingerprint density at radius 3 is 2.52 bits per heavy atom. The summed E-state index contributed by atoms with van der Waals surface area (Å²) in [5.41, 5.74) is 10.0. The summed E-state index contributed by atoms with van der Waals surface area (Å²) in [6.45, 7) is 4.17. The third kappa shape index (κ3) is 4.17. The maximum Gasteiger partial charge on any atom is 0.271 e. The van der Waals surface area contributed by atoms with Crippen molar-refractivity contribution in [2.75, 3.05) is 0 Å². The summed E-state index contributed by atoms with van der Waals surface area (Å²) < 4.78 is 5.80. The van der Waals surface area contributed by atoms with E-state index >= 15 is 0 Å². The minimum absolute atomic E-state index is 0.00151. The second-order valence-electron chi connectivity index (χ2n) is 10.3. The molecule has 0 spiro atoms. The molecule has 0 amide bonds. The number of rotatable bonds is 3. The smallest absolute Gasteiger partial charge is 0.271 e. The molecule has 1 aliphatic carbocycles. The van der Waals surface area contributed by atoms with Crippen molar-refractivity contribution >= 4 is 50.6 Å². The summed E-state index contributed by atoms with van der Waals surface area (Å²) in [7, 11) is 0. The van der Waals surface area contributed by atoms with Gasteiger partial charge in [0.25, 0.3) is 5.56 Å². The molecule has 0 unspecified atom stereocenters. The van der Waals surface area contributed by atoms with Crippen LogP contribution in [-0.2, 0) is 6.42 Å². The van der Waals surface area contributed by atoms with Crippen LogP contribution in [0.25, 0.3) is 17.5 Å². The van der Waals surface area contributed by atoms with Crippen molar-refractivity contribution in [3.8, 4) is 5.69 Å². The molecule has 40 heavy (non-hydrogen) atoms. The van der Waals surface area contributed by atoms with Gasteiger partial charge in [-0.1, -0.05) is 75.3 Å². The van der Waals surface area contributed by atoms with E-state index in [1.807, 2.05) is 47.0 Å². The van der Waals surface area contributed by atoms with Gasteiger partial charge in [-0.25, -0.2) is 4.99 Å². The Hall–Kier alpha value is -3.45. The van der Waals surface area contributed by atoms with E-state index in [0.717, 1.165) is 56.0 Å². The number of aryl methyl sites for hydroxylation is 2. The molecule has 0 fully saturated rings. The molecule has 5 aromatic rings. The average molecular weight is 627 g/mol. The van der Waals surface area contributed by atoms with E-state index in [9.17, 15) is 4.79 Å². The number of fused-ring (bicyclic) bond motifs is 3. The van der Waals surface area contributed by atoms with Crippen molar-refractivity contribution < 1.29 is 0 Å². The van der Waals surface area contributed by atoms with Gasteiger partial charge in [-0.15, -0.1) is 0 Å². The molecule has 4 nitrogen and oxygen atoms in total. The van der Waals surface area contributed by atoms with Crippen LogP contribution in [0.1, 0.15) is 46.1 Å². The summed E-state index contributed by atoms with van der Waals surface area (Å²) in [6.07, 6.45) is 3.84. The maximum absolute atomic E-state index is 14.1. The zero-order valence-corrected chi connectivity index (χ0v) is 25.1. The van der Waals surface area contributed by atoms with Crippen LogP contribution in [0.3, 0.4) is 0 Å². The molecule has 7 heteroatoms. The molecule has 0 N–H and O–H groups in total. The molecule has 1 aliphatic heterocycles. The van der Waals surface area contributed by atoms with E-state index < -0.39 is 0 Å². The monoisotopic (exact) mass is 625 g/mol. The van der Waals surface area contributed by atoms with E-state index in [-0.39, 0.29) is 11.6 Å². The lowest BCUT2D eigenvalue weighted by Crippen LogP contribution is -2.38. The second kappa shape index (κ2) is 9.88. The van der Waals surface area contributed by atoms with Crippen LogP contribution in [0.2, 0.25) is 5.02 Å². The largest absolute Gasteiger partial charge is 0.318 e. The van der Waals surface area contributed by atoms with E-state index in [1.54, 1.807) is 0 Å². The average Bonchev–Trinajstić information content (AvgIpc) is 3.42. The number of thiazole rings is 1. The van der Waals surface area contributed by atoms with Crippen molar-refractivity contribution in [3.63, 3.8) is 0 Å². The number of allylic oxidation sites excluding steroid dienone is 1. The number of nitrogens with zero attached hydrogens (tertiary/aromatic N) is 3. The predicted octanol–water partition coefficient (Wildman–Crippen LogP) is 7.14. The van der Waals surface area contributed by atoms with Crippen molar-refractivity contribution in [2.45, 2.75) is 32.7 Å². The molecular weight excluding hydrogens is 602 g/mol. The molecule has 3 aromatic carbocycles. The SMILES string of the molecule is Cc1cc(C=c2sc3n(c2=O)[C@@H](c2ccc(Br)cc2)C2=C(N=3)c3ccccc3CC2)c(C)n1-c1ccc(Cl)cc1. The molecule has 0 radical (unpaired) electrons. The number of hydrogen-bond donors (Lipinski definition) is 0. The fourth-order valence-electron chi connectivity index (χ4n) is 6.03. The van der Waals surface area contributed by atoms with Gasteiger partial charge < -0.3 is 4.57 Å². The highest BCUT2D eigenvalue weighted by atomic mass is 79.9. The number of benzene rings is 3. The van der Waals surface area contributed by atoms with Crippen molar-refractivity contribution in [1.29, 1.82) is 0 Å². The Morgan fingerprint density at radius 2 is 1.75 bits per heavy atom. The van der Waals surface area contributed by atoms with Crippen LogP contribution in [0, 0.1) is 13.8 Å². The Morgan fingerprint density at radius 1 is 1.00 bits per heavy atom. The summed E-state index contributed by atoms with van der Waals surface area (Å²) in [6, 6.07) is 26.6. The summed E-state index contributed by atoms with van der Waals surface area (Å²) in [5.74, 6) is 0. The first-order valence-corrected chi connectivity index (χ1v) is 15.2. The zero-order valence-electron chi connectivity index (χ0n) is 22.0. The minimum atomic E-state index is -0.184. The molecule has 7 rings (SSSR count). The predicted molar refractivity (Wildman–Crippen MR) is 167 cm³/mol. The molecule has 2 aromatic heterocycles. The van der Waals surface area contributed by atoms with Gasteiger partial charge in [-0.3, -0.25) is 9.36 Å². The Kier molecular flexibility index (Phi) is 6.30. The topological polar surface area (TPSA) is 39.3 Å². The molecule has 0 bridgehead atoms. The zero-order chi connectivity index (χ0) is 27.5. The fourth-order valence-corrected chi connectivity index (χ4v) is 7.41. The van der Waals surface area contributed by atoms with E-state index in [4.69, 9.17) is 16.6 Å². The number of hydrogen-bond acceptors (Lipinski definition) is 3. The van der Waals surface area contributed by atoms with Crippen LogP contribution in [0.5, 0.6) is 0 Å². The van der Waals surface area contributed by atoms with Crippen LogP contribution in [0.15, 0.2) is 98.7 Å². The van der Waals surface area contributed by atoms with E-state index in [0.29, 0.717) is 9.55 Å². The molecule has 0 saturated heterocycles. The lowest BCUT2D eigenvalue weighted by Gasteiger charge is -2.30. The number of halogens is 2. The first-order valence-electron chi connectivity index (χ1n) is 13.2. The lowest BCUT2D eigenvalue weighted by molar-refractivity contribution is 0.585. The maximum atomic E-state index is 14.1. The van der Waals surface area contributed by atoms with Gasteiger partial charge in [0.2, 0.25) is 0 Å². The third-order valence-corrected chi connectivity index (χ3v) is 9.66. The Bertz CT molecular complexity index is 2010. The number of aromatic nitrogens is 2. The highest BCUT2D eigenvalue weighted by molar-refractivity contribution is 9.10. The second-order valence-corrected chi connectivity index (χ2v) is 12.7. The van der Waals surface area contributed by atoms with Crippen LogP contribution in [0.4, 0.5) is 0 Å². The molecule has 0 saturated carbocycles. The van der Waals surface area contributed by atoms with Crippen molar-refractivity contribution in [2.24, 2.45) is 4.99 Å². The van der Waals surface area contributed by atoms with Crippen LogP contribution in [-0.4, -0.2) is 9.13 Å². The van der Waals surface area contributed by atoms with Gasteiger partial charge >= 0.3 is 0 Å². The van der Waals surface area contributed by atoms with Crippen molar-refractivity contribution in [3.05, 3.63) is 147 Å². The molecule has 2 aliphatic rings. The highest BCUT2D eigenvalue weighted by Crippen LogP contribution is 2.41. The van der Waals surface area contributed by atoms with E-state index in [2.05, 4.69) is 76.8 Å². The van der Waals surface area contributed by atoms with Gasteiger partial charge in [-0.05, 0) is 97.5 Å². The quantitative estimate of drug-likeness (QED) is 0.210. The highest BCUT2D eigenvalue weighted by Gasteiger charge is 2.32. The lowest BCUT2D eigenvalue weighted by atomic mass is 9.83. The molecule has 198 valence electrons. The van der Waals surface area contributed by atoms with E-state index in [1.165, 1.54) is 28.0 Å². The Balaban J connectivity index is 1.43. The summed E-state index contributed by atoms with van der Waals surface area (Å²) >= 11 is 11.2. The molecule has 1 atom stereocenters. The third-order valence-electron chi connectivity index (χ3n) is 7.90. The summed E-state index contributed by atoms with van der Waals surface area (Å²) in [4.78, 5) is 20.0. The molecular formula is C33H25BrClN3OS. The summed E-state index contributed by atoms with van der Waals surface area (Å²) in [5, 5.41) is 0.707. The van der Waals surface area contributed by atoms with Gasteiger partial charge in [0.05, 0.1) is 16.3 Å². The molecule has 3 heterocycles. The van der Waals surface area contributed by atoms with Crippen LogP contribution < -0.4 is 14.9 Å². The minimum Gasteiger partial charge on any atom is -0.318 e. The van der Waals surface area contributed by atoms with Gasteiger partial charge in [0, 0.05) is 32.1 Å². The normalized spacial score (nSPS) is 16.4. The Labute approximate surface area is 249 Å². The van der Waals surface area contributed by atoms with Crippen molar-refractivity contribution in [1.82, 2.24) is 9.13 Å². The van der Waals surface area contributed by atoms with Crippen LogP contribution >= 0.6 is 38.9 Å². The standard InChI is InChI=1S/C33H25BrClN3OS/c1-19-17-23(20(2)37(19)26-14-12-25(35)13-15-26)18-29-32(39)38-31(22-7-10-24(34)11-8-22)28-16-9-21-5-3-4-6-27(21)30(28)36-33(38)40-29/h3-8,10-15,17-18,31H,9,16H2,1-2H3/t31-/m0/s1. The van der Waals surface area contributed by atoms with Gasteiger partial charge in [0.15, 0.2) is 4.80 Å².